The highest BCUT2D eigenvalue weighted by molar-refractivity contribution is 5.93. The van der Waals surface area contributed by atoms with Crippen molar-refractivity contribution in [1.82, 2.24) is 15.3 Å². The maximum atomic E-state index is 12.4. The summed E-state index contributed by atoms with van der Waals surface area (Å²) >= 11 is 0. The first kappa shape index (κ1) is 16.8. The van der Waals surface area contributed by atoms with Crippen LogP contribution in [0.2, 0.25) is 0 Å². The van der Waals surface area contributed by atoms with Crippen molar-refractivity contribution in [3.63, 3.8) is 0 Å². The maximum absolute atomic E-state index is 12.4. The third kappa shape index (κ3) is 3.65. The van der Waals surface area contributed by atoms with Crippen LogP contribution in [0.25, 0.3) is 22.6 Å². The van der Waals surface area contributed by atoms with Crippen LogP contribution in [-0.4, -0.2) is 29.0 Å². The van der Waals surface area contributed by atoms with Crippen molar-refractivity contribution in [2.45, 2.75) is 26.2 Å². The molecular weight excluding hydrogens is 328 g/mol. The van der Waals surface area contributed by atoms with Gasteiger partial charge in [-0.25, -0.2) is 4.98 Å². The Morgan fingerprint density at radius 3 is 3.12 bits per heavy atom. The van der Waals surface area contributed by atoms with Gasteiger partial charge >= 0.3 is 0 Å². The van der Waals surface area contributed by atoms with Crippen molar-refractivity contribution in [3.8, 4) is 11.6 Å². The van der Waals surface area contributed by atoms with Crippen LogP contribution in [0, 0.1) is 11.8 Å². The smallest absolute Gasteiger partial charge is 0.224 e. The highest BCUT2D eigenvalue weighted by atomic mass is 16.3. The van der Waals surface area contributed by atoms with E-state index in [1.807, 2.05) is 30.3 Å². The summed E-state index contributed by atoms with van der Waals surface area (Å²) in [7, 11) is 0. The average Bonchev–Trinajstić information content (AvgIpc) is 3.31. The quantitative estimate of drug-likeness (QED) is 0.652. The van der Waals surface area contributed by atoms with E-state index in [1.165, 1.54) is 12.8 Å². The number of nitrogens with one attached hydrogen (secondary N) is 3. The summed E-state index contributed by atoms with van der Waals surface area (Å²) in [6.07, 6.45) is 4.57. The van der Waals surface area contributed by atoms with E-state index < -0.39 is 0 Å². The Morgan fingerprint density at radius 2 is 2.35 bits per heavy atom. The number of carbonyl (C=O) groups is 1. The number of nitrogens with zero attached hydrogens (tertiary/aromatic N) is 1. The van der Waals surface area contributed by atoms with Crippen LogP contribution >= 0.6 is 0 Å². The van der Waals surface area contributed by atoms with Gasteiger partial charge in [0.25, 0.3) is 0 Å². The van der Waals surface area contributed by atoms with E-state index >= 15 is 0 Å². The summed E-state index contributed by atoms with van der Waals surface area (Å²) in [4.78, 5) is 20.2. The average molecular weight is 352 g/mol. The molecule has 4 rings (SSSR count). The SMILES string of the molecule is CC(CC(=O)Nc1ccc2nc(-c3ccco3)[nH]c2c1)C1CCCNC1. The molecule has 26 heavy (non-hydrogen) atoms. The molecule has 1 amide bonds. The number of benzene rings is 1. The third-order valence-electron chi connectivity index (χ3n) is 5.17. The first-order valence-corrected chi connectivity index (χ1v) is 9.23. The minimum atomic E-state index is 0.0631. The van der Waals surface area contributed by atoms with Crippen molar-refractivity contribution in [2.24, 2.45) is 11.8 Å². The number of rotatable bonds is 5. The van der Waals surface area contributed by atoms with E-state index in [1.54, 1.807) is 6.26 Å². The van der Waals surface area contributed by atoms with Crippen molar-refractivity contribution in [2.75, 3.05) is 18.4 Å². The van der Waals surface area contributed by atoms with Crippen molar-refractivity contribution < 1.29 is 9.21 Å². The predicted octanol–water partition coefficient (Wildman–Crippen LogP) is 3.79. The van der Waals surface area contributed by atoms with Crippen LogP contribution in [-0.2, 0) is 4.79 Å². The molecule has 0 spiro atoms. The van der Waals surface area contributed by atoms with Crippen LogP contribution in [0.1, 0.15) is 26.2 Å². The number of carbonyl (C=O) groups excluding carboxylic acids is 1. The molecule has 6 nitrogen and oxygen atoms in total. The molecule has 3 heterocycles. The molecule has 0 bridgehead atoms. The lowest BCUT2D eigenvalue weighted by Gasteiger charge is -2.28. The zero-order chi connectivity index (χ0) is 17.9. The second kappa shape index (κ2) is 7.33. The number of hydrogen-bond acceptors (Lipinski definition) is 4. The van der Waals surface area contributed by atoms with Crippen LogP contribution < -0.4 is 10.6 Å². The Balaban J connectivity index is 1.42. The van der Waals surface area contributed by atoms with Gasteiger partial charge in [0, 0.05) is 12.1 Å². The molecule has 1 aromatic carbocycles. The van der Waals surface area contributed by atoms with Gasteiger partial charge in [-0.15, -0.1) is 0 Å². The zero-order valence-corrected chi connectivity index (χ0v) is 14.9. The molecule has 1 aliphatic heterocycles. The fourth-order valence-electron chi connectivity index (χ4n) is 3.65. The fourth-order valence-corrected chi connectivity index (χ4v) is 3.65. The Kier molecular flexibility index (Phi) is 4.75. The second-order valence-corrected chi connectivity index (χ2v) is 7.13. The topological polar surface area (TPSA) is 83.0 Å². The number of hydrogen-bond donors (Lipinski definition) is 3. The highest BCUT2D eigenvalue weighted by Crippen LogP contribution is 2.25. The van der Waals surface area contributed by atoms with Gasteiger partial charge in [-0.3, -0.25) is 4.79 Å². The van der Waals surface area contributed by atoms with Gasteiger partial charge in [0.15, 0.2) is 11.6 Å². The van der Waals surface area contributed by atoms with Gasteiger partial charge in [-0.1, -0.05) is 6.92 Å². The molecule has 0 saturated carbocycles. The van der Waals surface area contributed by atoms with E-state index in [9.17, 15) is 4.79 Å². The summed E-state index contributed by atoms with van der Waals surface area (Å²) in [6.45, 7) is 4.29. The third-order valence-corrected chi connectivity index (χ3v) is 5.17. The van der Waals surface area contributed by atoms with E-state index in [-0.39, 0.29) is 5.91 Å². The molecular formula is C20H24N4O2. The predicted molar refractivity (Wildman–Crippen MR) is 102 cm³/mol. The number of H-pyrrole nitrogens is 1. The Labute approximate surface area is 152 Å². The lowest BCUT2D eigenvalue weighted by molar-refractivity contribution is -0.117. The normalized spacial score (nSPS) is 18.7. The Hall–Kier alpha value is -2.60. The Morgan fingerprint density at radius 1 is 1.42 bits per heavy atom. The molecule has 2 atom stereocenters. The molecule has 0 aliphatic carbocycles. The second-order valence-electron chi connectivity index (χ2n) is 7.13. The number of furan rings is 1. The maximum Gasteiger partial charge on any atom is 0.224 e. The summed E-state index contributed by atoms with van der Waals surface area (Å²) in [5, 5.41) is 6.44. The zero-order valence-electron chi connectivity index (χ0n) is 14.9. The van der Waals surface area contributed by atoms with Crippen LogP contribution in [0.3, 0.4) is 0 Å². The molecule has 2 unspecified atom stereocenters. The van der Waals surface area contributed by atoms with Gasteiger partial charge in [0.1, 0.15) is 0 Å². The molecule has 3 aromatic rings. The van der Waals surface area contributed by atoms with Crippen molar-refractivity contribution in [1.29, 1.82) is 0 Å². The monoisotopic (exact) mass is 352 g/mol. The standard InChI is InChI=1S/C20H24N4O2/c1-13(14-4-2-8-21-12-14)10-19(25)22-15-6-7-16-17(11-15)24-20(23-16)18-5-3-9-26-18/h3,5-7,9,11,13-14,21H,2,4,8,10,12H2,1H3,(H,22,25)(H,23,24). The number of imidazole rings is 1. The molecule has 6 heteroatoms. The lowest BCUT2D eigenvalue weighted by Crippen LogP contribution is -2.34. The molecule has 1 saturated heterocycles. The summed E-state index contributed by atoms with van der Waals surface area (Å²) in [5.41, 5.74) is 2.50. The van der Waals surface area contributed by atoms with Crippen LogP contribution in [0.15, 0.2) is 41.0 Å². The summed E-state index contributed by atoms with van der Waals surface area (Å²) in [6, 6.07) is 9.40. The summed E-state index contributed by atoms with van der Waals surface area (Å²) < 4.78 is 5.38. The minimum Gasteiger partial charge on any atom is -0.461 e. The molecule has 2 aromatic heterocycles. The molecule has 1 aliphatic rings. The van der Waals surface area contributed by atoms with E-state index in [2.05, 4.69) is 27.5 Å². The minimum absolute atomic E-state index is 0.0631. The van der Waals surface area contributed by atoms with Gasteiger partial charge in [0.05, 0.1) is 17.3 Å². The van der Waals surface area contributed by atoms with Gasteiger partial charge < -0.3 is 20.0 Å². The highest BCUT2D eigenvalue weighted by Gasteiger charge is 2.22. The number of aromatic amines is 1. The van der Waals surface area contributed by atoms with Gasteiger partial charge in [-0.05, 0) is 68.1 Å². The molecule has 0 radical (unpaired) electrons. The number of fused-ring (bicyclic) bond motifs is 1. The van der Waals surface area contributed by atoms with Gasteiger partial charge in [0.2, 0.25) is 5.91 Å². The van der Waals surface area contributed by atoms with E-state index in [0.717, 1.165) is 29.8 Å². The fraction of sp³-hybridized carbons (Fsp3) is 0.400. The molecule has 1 fully saturated rings. The Bertz CT molecular complexity index is 878. The van der Waals surface area contributed by atoms with Gasteiger partial charge in [-0.2, -0.15) is 0 Å². The number of piperidine rings is 1. The van der Waals surface area contributed by atoms with Crippen LogP contribution in [0.4, 0.5) is 5.69 Å². The number of anilines is 1. The first-order valence-electron chi connectivity index (χ1n) is 9.23. The first-order chi connectivity index (χ1) is 12.7. The van der Waals surface area contributed by atoms with E-state index in [0.29, 0.717) is 29.8 Å². The summed E-state index contributed by atoms with van der Waals surface area (Å²) in [5.74, 6) is 2.41. The van der Waals surface area contributed by atoms with Crippen molar-refractivity contribution in [3.05, 3.63) is 36.6 Å². The number of aromatic nitrogens is 2. The lowest BCUT2D eigenvalue weighted by atomic mass is 9.85. The van der Waals surface area contributed by atoms with E-state index in [4.69, 9.17) is 4.42 Å². The number of amides is 1. The van der Waals surface area contributed by atoms with Crippen LogP contribution in [0.5, 0.6) is 0 Å². The molecule has 136 valence electrons. The molecule has 3 N–H and O–H groups in total. The van der Waals surface area contributed by atoms with Crippen molar-refractivity contribution >= 4 is 22.6 Å². The largest absolute Gasteiger partial charge is 0.461 e.